The van der Waals surface area contributed by atoms with Gasteiger partial charge in [0.1, 0.15) is 24.0 Å². The van der Waals surface area contributed by atoms with E-state index in [9.17, 15) is 18.4 Å². The van der Waals surface area contributed by atoms with Crippen molar-refractivity contribution in [1.29, 1.82) is 0 Å². The number of anilines is 1. The van der Waals surface area contributed by atoms with E-state index in [1.54, 1.807) is 36.4 Å². The van der Waals surface area contributed by atoms with Gasteiger partial charge in [-0.2, -0.15) is 5.10 Å². The molecule has 0 heterocycles. The number of carbonyl (C=O) groups excluding carboxylic acids is 2. The van der Waals surface area contributed by atoms with Gasteiger partial charge in [-0.15, -0.1) is 0 Å². The third kappa shape index (κ3) is 6.23. The van der Waals surface area contributed by atoms with Crippen LogP contribution in [0.5, 0.6) is 5.75 Å². The number of carbonyl (C=O) groups is 2. The van der Waals surface area contributed by atoms with E-state index in [1.807, 2.05) is 0 Å². The highest BCUT2D eigenvalue weighted by molar-refractivity contribution is 6.39. The van der Waals surface area contributed by atoms with E-state index in [1.165, 1.54) is 30.5 Å². The fraction of sp³-hybridized carbons (Fsp3) is 0.0455. The van der Waals surface area contributed by atoms with Crippen LogP contribution in [0.15, 0.2) is 77.9 Å². The van der Waals surface area contributed by atoms with E-state index in [0.29, 0.717) is 16.9 Å². The number of rotatable bonds is 6. The summed E-state index contributed by atoms with van der Waals surface area (Å²) in [5.74, 6) is -2.09. The zero-order valence-electron chi connectivity index (χ0n) is 15.6. The summed E-state index contributed by atoms with van der Waals surface area (Å²) in [6.07, 6.45) is 1.36. The molecule has 0 fully saturated rings. The van der Waals surface area contributed by atoms with Gasteiger partial charge in [0.2, 0.25) is 0 Å². The number of hydrogen-bond donors (Lipinski definition) is 2. The molecule has 152 valence electrons. The highest BCUT2D eigenvalue weighted by atomic mass is 19.1. The first kappa shape index (κ1) is 20.7. The molecule has 2 N–H and O–H groups in total. The van der Waals surface area contributed by atoms with Crippen molar-refractivity contribution in [1.82, 2.24) is 5.43 Å². The molecule has 3 rings (SSSR count). The van der Waals surface area contributed by atoms with Gasteiger partial charge in [-0.1, -0.05) is 12.1 Å². The van der Waals surface area contributed by atoms with Gasteiger partial charge in [-0.05, 0) is 71.8 Å². The summed E-state index contributed by atoms with van der Waals surface area (Å²) in [5, 5.41) is 6.05. The third-order valence-electron chi connectivity index (χ3n) is 3.86. The van der Waals surface area contributed by atoms with Crippen LogP contribution in [0.4, 0.5) is 14.5 Å². The second kappa shape index (κ2) is 9.92. The molecule has 0 radical (unpaired) electrons. The van der Waals surface area contributed by atoms with Gasteiger partial charge >= 0.3 is 11.8 Å². The maximum Gasteiger partial charge on any atom is 0.329 e. The van der Waals surface area contributed by atoms with Gasteiger partial charge < -0.3 is 10.1 Å². The van der Waals surface area contributed by atoms with E-state index in [2.05, 4.69) is 15.8 Å². The van der Waals surface area contributed by atoms with Gasteiger partial charge in [0.15, 0.2) is 0 Å². The second-order valence-corrected chi connectivity index (χ2v) is 6.15. The lowest BCUT2D eigenvalue weighted by atomic mass is 10.2. The van der Waals surface area contributed by atoms with Crippen LogP contribution in [0.2, 0.25) is 0 Å². The quantitative estimate of drug-likeness (QED) is 0.371. The average molecular weight is 409 g/mol. The van der Waals surface area contributed by atoms with Crippen molar-refractivity contribution < 1.29 is 23.1 Å². The van der Waals surface area contributed by atoms with E-state index in [-0.39, 0.29) is 18.1 Å². The van der Waals surface area contributed by atoms with Crippen LogP contribution < -0.4 is 15.5 Å². The maximum atomic E-state index is 13.2. The molecular formula is C22H17F2N3O3. The zero-order valence-corrected chi connectivity index (χ0v) is 15.6. The standard InChI is InChI=1S/C22H17F2N3O3/c23-17-6-8-19(9-7-17)26-21(28)22(29)27-25-13-15-4-10-20(11-5-15)30-14-16-2-1-3-18(24)12-16/h1-13H,14H2,(H,26,28)(H,27,29)/b25-13+. The molecule has 0 unspecified atom stereocenters. The van der Waals surface area contributed by atoms with Gasteiger partial charge in [0.25, 0.3) is 0 Å². The molecular weight excluding hydrogens is 392 g/mol. The molecule has 0 atom stereocenters. The minimum absolute atomic E-state index is 0.227. The molecule has 2 amide bonds. The molecule has 0 aliphatic heterocycles. The highest BCUT2D eigenvalue weighted by Crippen LogP contribution is 2.14. The SMILES string of the molecule is O=C(N/N=C/c1ccc(OCc2cccc(F)c2)cc1)C(=O)Nc1ccc(F)cc1. The third-order valence-corrected chi connectivity index (χ3v) is 3.86. The van der Waals surface area contributed by atoms with E-state index in [4.69, 9.17) is 4.74 Å². The number of amides is 2. The Balaban J connectivity index is 1.46. The lowest BCUT2D eigenvalue weighted by Gasteiger charge is -2.06. The Bertz CT molecular complexity index is 1050. The van der Waals surface area contributed by atoms with Crippen LogP contribution in [0, 0.1) is 11.6 Å². The molecule has 30 heavy (non-hydrogen) atoms. The van der Waals surface area contributed by atoms with Crippen LogP contribution in [-0.4, -0.2) is 18.0 Å². The first-order valence-electron chi connectivity index (χ1n) is 8.87. The largest absolute Gasteiger partial charge is 0.489 e. The summed E-state index contributed by atoms with van der Waals surface area (Å²) < 4.78 is 31.6. The van der Waals surface area contributed by atoms with Gasteiger partial charge in [-0.25, -0.2) is 14.2 Å². The smallest absolute Gasteiger partial charge is 0.329 e. The highest BCUT2D eigenvalue weighted by Gasteiger charge is 2.12. The number of halogens is 2. The van der Waals surface area contributed by atoms with Crippen LogP contribution in [-0.2, 0) is 16.2 Å². The van der Waals surface area contributed by atoms with Crippen LogP contribution in [0.3, 0.4) is 0 Å². The van der Waals surface area contributed by atoms with Gasteiger partial charge in [-0.3, -0.25) is 9.59 Å². The molecule has 0 aliphatic rings. The Labute approximate surface area is 171 Å². The summed E-state index contributed by atoms with van der Waals surface area (Å²) in [6, 6.07) is 17.9. The van der Waals surface area contributed by atoms with E-state index >= 15 is 0 Å². The number of nitrogens with one attached hydrogen (secondary N) is 2. The van der Waals surface area contributed by atoms with Crippen molar-refractivity contribution in [2.24, 2.45) is 5.10 Å². The first-order valence-corrected chi connectivity index (χ1v) is 8.87. The van der Waals surface area contributed by atoms with Crippen molar-refractivity contribution in [3.63, 3.8) is 0 Å². The Morgan fingerprint density at radius 1 is 0.900 bits per heavy atom. The predicted octanol–water partition coefficient (Wildman–Crippen LogP) is 3.63. The summed E-state index contributed by atoms with van der Waals surface area (Å²) in [7, 11) is 0. The maximum absolute atomic E-state index is 13.2. The minimum atomic E-state index is -0.967. The van der Waals surface area contributed by atoms with Crippen molar-refractivity contribution in [2.45, 2.75) is 6.61 Å². The fourth-order valence-electron chi connectivity index (χ4n) is 2.38. The van der Waals surface area contributed by atoms with Gasteiger partial charge in [0.05, 0.1) is 6.21 Å². The summed E-state index contributed by atoms with van der Waals surface area (Å²) in [5.41, 5.74) is 3.76. The van der Waals surface area contributed by atoms with E-state index in [0.717, 1.165) is 12.1 Å². The minimum Gasteiger partial charge on any atom is -0.489 e. The summed E-state index contributed by atoms with van der Waals surface area (Å²) in [6.45, 7) is 0.227. The van der Waals surface area contributed by atoms with Gasteiger partial charge in [0, 0.05) is 5.69 Å². The Morgan fingerprint density at radius 3 is 2.33 bits per heavy atom. The van der Waals surface area contributed by atoms with E-state index < -0.39 is 17.6 Å². The normalized spacial score (nSPS) is 10.6. The fourth-order valence-corrected chi connectivity index (χ4v) is 2.38. The monoisotopic (exact) mass is 409 g/mol. The molecule has 0 spiro atoms. The Morgan fingerprint density at radius 2 is 1.63 bits per heavy atom. The molecule has 6 nitrogen and oxygen atoms in total. The Hall–Kier alpha value is -4.07. The average Bonchev–Trinajstić information content (AvgIpc) is 2.75. The second-order valence-electron chi connectivity index (χ2n) is 6.15. The molecule has 8 heteroatoms. The van der Waals surface area contributed by atoms with Crippen molar-refractivity contribution in [3.8, 4) is 5.75 Å². The number of hydrazone groups is 1. The lowest BCUT2D eigenvalue weighted by molar-refractivity contribution is -0.136. The number of hydrogen-bond acceptors (Lipinski definition) is 4. The van der Waals surface area contributed by atoms with Crippen LogP contribution in [0.25, 0.3) is 0 Å². The molecule has 0 saturated carbocycles. The molecule has 0 aromatic heterocycles. The summed E-state index contributed by atoms with van der Waals surface area (Å²) in [4.78, 5) is 23.5. The topological polar surface area (TPSA) is 79.8 Å². The molecule has 3 aromatic carbocycles. The van der Waals surface area contributed by atoms with Crippen LogP contribution in [0.1, 0.15) is 11.1 Å². The molecule has 3 aromatic rings. The lowest BCUT2D eigenvalue weighted by Crippen LogP contribution is -2.32. The van der Waals surface area contributed by atoms with Crippen molar-refractivity contribution in [2.75, 3.05) is 5.32 Å². The molecule has 0 saturated heterocycles. The molecule has 0 aliphatic carbocycles. The Kier molecular flexibility index (Phi) is 6.83. The zero-order chi connectivity index (χ0) is 21.3. The number of ether oxygens (including phenoxy) is 1. The van der Waals surface area contributed by atoms with Crippen LogP contribution >= 0.6 is 0 Å². The molecule has 0 bridgehead atoms. The first-order chi connectivity index (χ1) is 14.5. The number of benzene rings is 3. The predicted molar refractivity (Wildman–Crippen MR) is 108 cm³/mol. The van der Waals surface area contributed by atoms with Crippen molar-refractivity contribution >= 4 is 23.7 Å². The van der Waals surface area contributed by atoms with Crippen molar-refractivity contribution in [3.05, 3.63) is 95.6 Å². The summed E-state index contributed by atoms with van der Waals surface area (Å²) >= 11 is 0. The number of nitrogens with zero attached hydrogens (tertiary/aromatic N) is 1.